The third-order valence-electron chi connectivity index (χ3n) is 3.49. The van der Waals surface area contributed by atoms with Gasteiger partial charge in [-0.3, -0.25) is 0 Å². The van der Waals surface area contributed by atoms with Gasteiger partial charge in [0.25, 0.3) is 0 Å². The number of ether oxygens (including phenoxy) is 1. The van der Waals surface area contributed by atoms with Gasteiger partial charge in [0.2, 0.25) is 9.84 Å². The quantitative estimate of drug-likeness (QED) is 0.822. The normalized spacial score (nSPS) is 17.7. The van der Waals surface area contributed by atoms with Gasteiger partial charge in [0.1, 0.15) is 5.75 Å². The number of nitrogens with zero attached hydrogens (tertiary/aromatic N) is 1. The van der Waals surface area contributed by atoms with Crippen molar-refractivity contribution in [3.63, 3.8) is 0 Å². The van der Waals surface area contributed by atoms with Gasteiger partial charge in [-0.2, -0.15) is 0 Å². The van der Waals surface area contributed by atoms with Crippen molar-refractivity contribution in [2.45, 2.75) is 23.8 Å². The summed E-state index contributed by atoms with van der Waals surface area (Å²) in [4.78, 5) is 5.25. The summed E-state index contributed by atoms with van der Waals surface area (Å²) in [5.74, 6) is -0.368. The highest BCUT2D eigenvalue weighted by molar-refractivity contribution is 8.06. The van der Waals surface area contributed by atoms with Gasteiger partial charge in [-0.25, -0.2) is 8.42 Å². The van der Waals surface area contributed by atoms with E-state index in [4.69, 9.17) is 4.84 Å². The molecule has 2 aromatic rings. The Hall–Kier alpha value is -2.55. The van der Waals surface area contributed by atoms with Gasteiger partial charge in [0.05, 0.1) is 4.90 Å². The molecule has 3 rings (SSSR count). The summed E-state index contributed by atoms with van der Waals surface area (Å²) in [7, 11) is -3.76. The molecule has 0 radical (unpaired) electrons. The Balaban J connectivity index is 1.72. The van der Waals surface area contributed by atoms with Gasteiger partial charge in [-0.05, 0) is 29.8 Å². The first-order chi connectivity index (χ1) is 11.8. The number of hydrogen-bond acceptors (Lipinski definition) is 5. The number of benzene rings is 2. The van der Waals surface area contributed by atoms with Crippen molar-refractivity contribution in [3.8, 4) is 5.75 Å². The third kappa shape index (κ3) is 3.93. The zero-order valence-corrected chi connectivity index (χ0v) is 13.4. The van der Waals surface area contributed by atoms with E-state index < -0.39 is 22.3 Å². The van der Waals surface area contributed by atoms with Crippen LogP contribution in [0.25, 0.3) is 0 Å². The van der Waals surface area contributed by atoms with Crippen molar-refractivity contribution in [2.24, 2.45) is 5.16 Å². The van der Waals surface area contributed by atoms with Crippen LogP contribution >= 0.6 is 0 Å². The summed E-state index contributed by atoms with van der Waals surface area (Å²) >= 11 is 0. The number of rotatable bonds is 3. The summed E-state index contributed by atoms with van der Waals surface area (Å²) in [6.45, 7) is 0. The molecule has 0 aliphatic carbocycles. The number of sulfone groups is 1. The molecule has 9 heteroatoms. The van der Waals surface area contributed by atoms with Crippen LogP contribution in [0.15, 0.2) is 64.6 Å². The van der Waals surface area contributed by atoms with E-state index in [1.165, 1.54) is 24.3 Å². The minimum atomic E-state index is -4.77. The molecule has 0 fully saturated rings. The van der Waals surface area contributed by atoms with Crippen LogP contribution < -0.4 is 4.74 Å². The minimum absolute atomic E-state index is 0.00327. The summed E-state index contributed by atoms with van der Waals surface area (Å²) in [6, 6.07) is 12.8. The van der Waals surface area contributed by atoms with Gasteiger partial charge in [0, 0.05) is 6.42 Å². The number of oxime groups is 1. The summed E-state index contributed by atoms with van der Waals surface area (Å²) in [5.41, 5.74) is 0.497. The molecule has 1 heterocycles. The van der Waals surface area contributed by atoms with E-state index in [9.17, 15) is 21.6 Å². The molecule has 5 nitrogen and oxygen atoms in total. The van der Waals surface area contributed by atoms with Crippen molar-refractivity contribution in [3.05, 3.63) is 60.2 Å². The average Bonchev–Trinajstić information content (AvgIpc) is 3.06. The molecule has 0 amide bonds. The molecule has 1 aliphatic rings. The van der Waals surface area contributed by atoms with Crippen LogP contribution in [0.3, 0.4) is 0 Å². The first kappa shape index (κ1) is 17.3. The molecular formula is C16H12F3NO4S. The molecular weight excluding hydrogens is 359 g/mol. The Labute approximate surface area is 141 Å². The maximum Gasteiger partial charge on any atom is 0.573 e. The van der Waals surface area contributed by atoms with Gasteiger partial charge in [-0.1, -0.05) is 35.5 Å². The Morgan fingerprint density at radius 1 is 1.04 bits per heavy atom. The highest BCUT2D eigenvalue weighted by Crippen LogP contribution is 2.32. The van der Waals surface area contributed by atoms with Gasteiger partial charge in [0.15, 0.2) is 11.1 Å². The molecule has 0 spiro atoms. The monoisotopic (exact) mass is 371 g/mol. The van der Waals surface area contributed by atoms with E-state index in [0.717, 1.165) is 12.1 Å². The van der Waals surface area contributed by atoms with Crippen molar-refractivity contribution >= 4 is 14.9 Å². The zero-order chi connectivity index (χ0) is 18.1. The Kier molecular flexibility index (Phi) is 4.42. The smallest absolute Gasteiger partial charge is 0.406 e. The van der Waals surface area contributed by atoms with Gasteiger partial charge < -0.3 is 9.57 Å². The lowest BCUT2D eigenvalue weighted by Crippen LogP contribution is -2.17. The van der Waals surface area contributed by atoms with E-state index in [2.05, 4.69) is 9.89 Å². The standard InChI is InChI=1S/C16H12F3NO4S/c17-16(18,19)23-12-8-6-11(7-9-12)14-10-15(20-24-14)25(21,22)13-4-2-1-3-5-13/h1-9,14H,10H2/t14-/m0/s1. The maximum atomic E-state index is 12.5. The largest absolute Gasteiger partial charge is 0.573 e. The van der Waals surface area contributed by atoms with Crippen molar-refractivity contribution in [1.29, 1.82) is 0 Å². The molecule has 0 saturated carbocycles. The molecule has 132 valence electrons. The second kappa shape index (κ2) is 6.40. The first-order valence-electron chi connectivity index (χ1n) is 7.14. The average molecular weight is 371 g/mol. The van der Waals surface area contributed by atoms with Crippen LogP contribution in [0.2, 0.25) is 0 Å². The summed E-state index contributed by atoms with van der Waals surface area (Å²) < 4.78 is 65.2. The second-order valence-corrected chi connectivity index (χ2v) is 7.17. The Bertz CT molecular complexity index is 878. The molecule has 0 saturated heterocycles. The molecule has 1 atom stereocenters. The highest BCUT2D eigenvalue weighted by Gasteiger charge is 2.33. The number of hydrogen-bond donors (Lipinski definition) is 0. The minimum Gasteiger partial charge on any atom is -0.406 e. The third-order valence-corrected chi connectivity index (χ3v) is 5.25. The summed E-state index contributed by atoms with van der Waals surface area (Å²) in [6.07, 6.45) is -5.46. The molecule has 2 aromatic carbocycles. The first-order valence-corrected chi connectivity index (χ1v) is 8.62. The SMILES string of the molecule is O=S(=O)(C1=NO[C@H](c2ccc(OC(F)(F)F)cc2)C1)c1ccccc1. The fourth-order valence-electron chi connectivity index (χ4n) is 2.31. The molecule has 0 N–H and O–H groups in total. The topological polar surface area (TPSA) is 65.0 Å². The van der Waals surface area contributed by atoms with Crippen LogP contribution in [0.1, 0.15) is 18.1 Å². The number of halogens is 3. The van der Waals surface area contributed by atoms with Crippen LogP contribution in [0, 0.1) is 0 Å². The Morgan fingerprint density at radius 3 is 2.28 bits per heavy atom. The van der Waals surface area contributed by atoms with Gasteiger partial charge >= 0.3 is 6.36 Å². The highest BCUT2D eigenvalue weighted by atomic mass is 32.2. The second-order valence-electron chi connectivity index (χ2n) is 5.22. The van der Waals surface area contributed by atoms with Crippen molar-refractivity contribution < 1.29 is 31.2 Å². The summed E-state index contributed by atoms with van der Waals surface area (Å²) in [5, 5.41) is 3.52. The molecule has 0 unspecified atom stereocenters. The fourth-order valence-corrected chi connectivity index (χ4v) is 3.61. The molecule has 0 aromatic heterocycles. The molecule has 25 heavy (non-hydrogen) atoms. The lowest BCUT2D eigenvalue weighted by Gasteiger charge is -2.11. The van der Waals surface area contributed by atoms with E-state index in [-0.39, 0.29) is 22.1 Å². The fraction of sp³-hybridized carbons (Fsp3) is 0.188. The van der Waals surface area contributed by atoms with E-state index >= 15 is 0 Å². The van der Waals surface area contributed by atoms with Crippen LogP contribution in [-0.4, -0.2) is 19.8 Å². The predicted octanol–water partition coefficient (Wildman–Crippen LogP) is 3.83. The van der Waals surface area contributed by atoms with Crippen molar-refractivity contribution in [2.75, 3.05) is 0 Å². The molecule has 0 bridgehead atoms. The number of alkyl halides is 3. The zero-order valence-electron chi connectivity index (χ0n) is 12.6. The maximum absolute atomic E-state index is 12.5. The lowest BCUT2D eigenvalue weighted by molar-refractivity contribution is -0.274. The van der Waals surface area contributed by atoms with Crippen LogP contribution in [0.4, 0.5) is 13.2 Å². The van der Waals surface area contributed by atoms with E-state index in [0.29, 0.717) is 5.56 Å². The van der Waals surface area contributed by atoms with Crippen LogP contribution in [-0.2, 0) is 14.7 Å². The predicted molar refractivity (Wildman–Crippen MR) is 82.6 cm³/mol. The van der Waals surface area contributed by atoms with Gasteiger partial charge in [-0.15, -0.1) is 13.2 Å². The van der Waals surface area contributed by atoms with E-state index in [1.807, 2.05) is 0 Å². The van der Waals surface area contributed by atoms with Crippen molar-refractivity contribution in [1.82, 2.24) is 0 Å². The van der Waals surface area contributed by atoms with Crippen LogP contribution in [0.5, 0.6) is 5.75 Å². The van der Waals surface area contributed by atoms with E-state index in [1.54, 1.807) is 18.2 Å². The Morgan fingerprint density at radius 2 is 1.68 bits per heavy atom. The lowest BCUT2D eigenvalue weighted by atomic mass is 10.1. The molecule has 1 aliphatic heterocycles.